The Morgan fingerprint density at radius 3 is 2.53 bits per heavy atom. The quantitative estimate of drug-likeness (QED) is 0.520. The van der Waals surface area contributed by atoms with E-state index in [1.54, 1.807) is 23.8 Å². The van der Waals surface area contributed by atoms with Crippen molar-refractivity contribution in [2.75, 3.05) is 0 Å². The Kier molecular flexibility index (Phi) is 2.77. The fraction of sp³-hybridized carbons (Fsp3) is 0.154. The molecule has 0 unspecified atom stereocenters. The van der Waals surface area contributed by atoms with Gasteiger partial charge >= 0.3 is 5.95 Å². The molecule has 0 N–H and O–H groups in total. The highest BCUT2D eigenvalue weighted by molar-refractivity contribution is 5.13. The molecule has 1 heterocycles. The van der Waals surface area contributed by atoms with Crippen molar-refractivity contribution in [2.45, 2.75) is 13.5 Å². The van der Waals surface area contributed by atoms with E-state index >= 15 is 0 Å². The molecule has 2 aromatic rings. The number of nitrogens with zero attached hydrogens (tertiary/aromatic N) is 1. The van der Waals surface area contributed by atoms with Gasteiger partial charge in [0.15, 0.2) is 12.7 Å². The Labute approximate surface area is 88.8 Å². The monoisotopic (exact) mass is 202 g/mol. The van der Waals surface area contributed by atoms with Crippen molar-refractivity contribution >= 4 is 0 Å². The fourth-order valence-corrected chi connectivity index (χ4v) is 1.55. The lowest BCUT2D eigenvalue weighted by Gasteiger charge is -1.99. The Hall–Kier alpha value is -1.70. The van der Waals surface area contributed by atoms with E-state index in [0.29, 0.717) is 12.1 Å². The van der Waals surface area contributed by atoms with Crippen LogP contribution < -0.4 is 4.57 Å². The lowest BCUT2D eigenvalue weighted by Crippen LogP contribution is -2.38. The largest absolute Gasteiger partial charge is 0.362 e. The molecule has 0 aliphatic carbocycles. The average molecular weight is 202 g/mol. The minimum atomic E-state index is -0.165. The highest BCUT2D eigenvalue weighted by Crippen LogP contribution is 2.02. The normalized spacial score (nSPS) is 10.3. The van der Waals surface area contributed by atoms with Gasteiger partial charge in [-0.25, -0.2) is 0 Å². The van der Waals surface area contributed by atoms with E-state index in [-0.39, 0.29) is 5.95 Å². The molecule has 0 aliphatic rings. The van der Waals surface area contributed by atoms with Crippen LogP contribution in [0.15, 0.2) is 48.7 Å². The number of rotatable bonds is 2. The summed E-state index contributed by atoms with van der Waals surface area (Å²) in [4.78, 5) is 0. The predicted octanol–water partition coefficient (Wildman–Crippen LogP) is 2.47. The van der Waals surface area contributed by atoms with Crippen molar-refractivity contribution in [3.8, 4) is 0 Å². The zero-order valence-corrected chi connectivity index (χ0v) is 8.65. The number of pyridine rings is 1. The van der Waals surface area contributed by atoms with Crippen molar-refractivity contribution in [1.82, 2.24) is 0 Å². The Morgan fingerprint density at radius 1 is 1.07 bits per heavy atom. The maximum atomic E-state index is 13.7. The molecule has 0 saturated heterocycles. The van der Waals surface area contributed by atoms with E-state index in [0.717, 1.165) is 5.56 Å². The Balaban J connectivity index is 2.29. The first kappa shape index (κ1) is 9.84. The van der Waals surface area contributed by atoms with Crippen LogP contribution in [0.25, 0.3) is 0 Å². The summed E-state index contributed by atoms with van der Waals surface area (Å²) in [5.74, 6) is -0.165. The number of aryl methyl sites for hydroxylation is 1. The smallest absolute Gasteiger partial charge is 0.169 e. The third-order valence-corrected chi connectivity index (χ3v) is 2.39. The van der Waals surface area contributed by atoms with Crippen LogP contribution in [0, 0.1) is 12.9 Å². The van der Waals surface area contributed by atoms with Crippen LogP contribution >= 0.6 is 0 Å². The van der Waals surface area contributed by atoms with Crippen LogP contribution in [0.2, 0.25) is 0 Å². The minimum absolute atomic E-state index is 0.165. The van der Waals surface area contributed by atoms with Gasteiger partial charge in [-0.15, -0.1) is 4.39 Å². The first-order chi connectivity index (χ1) is 7.27. The summed E-state index contributed by atoms with van der Waals surface area (Å²) in [6, 6.07) is 13.5. The molecule has 0 fully saturated rings. The number of halogens is 1. The Morgan fingerprint density at radius 2 is 1.80 bits per heavy atom. The molecule has 2 heteroatoms. The molecule has 76 valence electrons. The molecule has 0 radical (unpaired) electrons. The van der Waals surface area contributed by atoms with E-state index < -0.39 is 0 Å². The lowest BCUT2D eigenvalue weighted by molar-refractivity contribution is -0.716. The van der Waals surface area contributed by atoms with Gasteiger partial charge < -0.3 is 0 Å². The van der Waals surface area contributed by atoms with Crippen LogP contribution in [0.1, 0.15) is 11.1 Å². The van der Waals surface area contributed by atoms with E-state index in [2.05, 4.69) is 0 Å². The second-order valence-corrected chi connectivity index (χ2v) is 3.60. The summed E-state index contributed by atoms with van der Waals surface area (Å²) < 4.78 is 15.3. The zero-order valence-electron chi connectivity index (χ0n) is 8.65. The summed E-state index contributed by atoms with van der Waals surface area (Å²) in [6.07, 6.45) is 1.76. The molecule has 0 aliphatic heterocycles. The van der Waals surface area contributed by atoms with Gasteiger partial charge in [-0.3, -0.25) is 0 Å². The molecule has 1 aromatic heterocycles. The van der Waals surface area contributed by atoms with Crippen molar-refractivity contribution in [2.24, 2.45) is 0 Å². The van der Waals surface area contributed by atoms with Gasteiger partial charge in [-0.1, -0.05) is 30.3 Å². The summed E-state index contributed by atoms with van der Waals surface area (Å²) >= 11 is 0. The van der Waals surface area contributed by atoms with Crippen molar-refractivity contribution in [1.29, 1.82) is 0 Å². The molecule has 0 amide bonds. The van der Waals surface area contributed by atoms with E-state index in [1.807, 2.05) is 36.4 Å². The summed E-state index contributed by atoms with van der Waals surface area (Å²) in [5.41, 5.74) is 1.78. The second-order valence-electron chi connectivity index (χ2n) is 3.60. The van der Waals surface area contributed by atoms with Crippen LogP contribution in [0.3, 0.4) is 0 Å². The SMILES string of the molecule is Cc1ccc[n+](Cc2ccccc2)c1F. The number of hydrogen-bond acceptors (Lipinski definition) is 0. The molecular weight excluding hydrogens is 189 g/mol. The van der Waals surface area contributed by atoms with E-state index in [4.69, 9.17) is 0 Å². The zero-order chi connectivity index (χ0) is 10.7. The van der Waals surface area contributed by atoms with Gasteiger partial charge in [0.1, 0.15) is 0 Å². The standard InChI is InChI=1S/C13H13FN/c1-11-6-5-9-15(13(11)14)10-12-7-3-2-4-8-12/h2-9H,10H2,1H3/q+1. The topological polar surface area (TPSA) is 3.88 Å². The minimum Gasteiger partial charge on any atom is -0.169 e. The molecule has 1 aromatic carbocycles. The second kappa shape index (κ2) is 4.22. The van der Waals surface area contributed by atoms with Gasteiger partial charge in [0.05, 0.1) is 5.56 Å². The van der Waals surface area contributed by atoms with Crippen LogP contribution in [0.4, 0.5) is 4.39 Å². The first-order valence-electron chi connectivity index (χ1n) is 4.96. The molecule has 15 heavy (non-hydrogen) atoms. The molecule has 0 atom stereocenters. The highest BCUT2D eigenvalue weighted by Gasteiger charge is 2.12. The van der Waals surface area contributed by atoms with Crippen LogP contribution in [0.5, 0.6) is 0 Å². The predicted molar refractivity (Wildman–Crippen MR) is 56.9 cm³/mol. The third kappa shape index (κ3) is 2.21. The number of hydrogen-bond donors (Lipinski definition) is 0. The number of aromatic nitrogens is 1. The molecule has 1 nitrogen and oxygen atoms in total. The number of benzene rings is 1. The van der Waals surface area contributed by atoms with E-state index in [1.165, 1.54) is 0 Å². The summed E-state index contributed by atoms with van der Waals surface area (Å²) in [7, 11) is 0. The molecule has 0 bridgehead atoms. The Bertz CT molecular complexity index is 451. The van der Waals surface area contributed by atoms with Crippen molar-refractivity contribution in [3.05, 3.63) is 65.7 Å². The van der Waals surface area contributed by atoms with Crippen LogP contribution in [-0.4, -0.2) is 0 Å². The third-order valence-electron chi connectivity index (χ3n) is 2.39. The summed E-state index contributed by atoms with van der Waals surface area (Å²) in [6.45, 7) is 2.35. The summed E-state index contributed by atoms with van der Waals surface area (Å²) in [5, 5.41) is 0. The maximum Gasteiger partial charge on any atom is 0.362 e. The average Bonchev–Trinajstić information content (AvgIpc) is 2.26. The maximum absolute atomic E-state index is 13.7. The first-order valence-corrected chi connectivity index (χ1v) is 4.96. The molecular formula is C13H13FN+. The molecule has 0 spiro atoms. The van der Waals surface area contributed by atoms with Crippen molar-refractivity contribution in [3.63, 3.8) is 0 Å². The van der Waals surface area contributed by atoms with E-state index in [9.17, 15) is 4.39 Å². The van der Waals surface area contributed by atoms with Gasteiger partial charge in [0, 0.05) is 11.6 Å². The fourth-order valence-electron chi connectivity index (χ4n) is 1.55. The van der Waals surface area contributed by atoms with Gasteiger partial charge in [-0.2, -0.15) is 4.57 Å². The highest BCUT2D eigenvalue weighted by atomic mass is 19.1. The van der Waals surface area contributed by atoms with Crippen molar-refractivity contribution < 1.29 is 8.96 Å². The molecule has 2 rings (SSSR count). The van der Waals surface area contributed by atoms with Gasteiger partial charge in [0.25, 0.3) is 0 Å². The van der Waals surface area contributed by atoms with Gasteiger partial charge in [-0.05, 0) is 13.0 Å². The van der Waals surface area contributed by atoms with Gasteiger partial charge in [0.2, 0.25) is 0 Å². The lowest BCUT2D eigenvalue weighted by atomic mass is 10.2. The van der Waals surface area contributed by atoms with Crippen LogP contribution in [-0.2, 0) is 6.54 Å². The molecule has 0 saturated carbocycles.